The number of carbonyl (C=O) groups excluding carboxylic acids is 1. The number of nitrogens with one attached hydrogen (secondary N) is 1. The SMILES string of the molecule is O=C(NC[C@H]1[C@H]2CN(Cc3ccccc3)C[C@]23CC[C@H]1O3)c1ccc(F)cc1. The van der Waals surface area contributed by atoms with Crippen molar-refractivity contribution in [1.29, 1.82) is 0 Å². The van der Waals surface area contributed by atoms with Crippen LogP contribution in [0.1, 0.15) is 28.8 Å². The van der Waals surface area contributed by atoms with Gasteiger partial charge in [0.15, 0.2) is 0 Å². The standard InChI is InChI=1S/C23H25FN2O2/c24-18-8-6-17(7-9-18)22(27)25-12-19-20-14-26(13-16-4-2-1-3-5-16)15-23(20)11-10-21(19)28-23/h1-9,19-21H,10-15H2,(H,25,27)/t19-,20+,21+,23+/m0/s1. The summed E-state index contributed by atoms with van der Waals surface area (Å²) >= 11 is 0. The van der Waals surface area contributed by atoms with Crippen LogP contribution in [0.3, 0.4) is 0 Å². The zero-order valence-corrected chi connectivity index (χ0v) is 15.8. The Morgan fingerprint density at radius 3 is 2.75 bits per heavy atom. The first kappa shape index (κ1) is 17.8. The van der Waals surface area contributed by atoms with Crippen LogP contribution in [0.4, 0.5) is 4.39 Å². The van der Waals surface area contributed by atoms with E-state index in [0.717, 1.165) is 32.5 Å². The summed E-state index contributed by atoms with van der Waals surface area (Å²) in [6.45, 7) is 3.56. The lowest BCUT2D eigenvalue weighted by Gasteiger charge is -2.29. The molecule has 2 aromatic carbocycles. The lowest BCUT2D eigenvalue weighted by molar-refractivity contribution is 0.00212. The van der Waals surface area contributed by atoms with Gasteiger partial charge >= 0.3 is 0 Å². The van der Waals surface area contributed by atoms with Gasteiger partial charge in [-0.1, -0.05) is 30.3 Å². The Kier molecular flexibility index (Phi) is 4.44. The van der Waals surface area contributed by atoms with Gasteiger partial charge in [0.1, 0.15) is 5.82 Å². The molecule has 4 atom stereocenters. The van der Waals surface area contributed by atoms with Crippen LogP contribution in [-0.4, -0.2) is 42.1 Å². The highest BCUT2D eigenvalue weighted by molar-refractivity contribution is 5.94. The Morgan fingerprint density at radius 1 is 1.18 bits per heavy atom. The zero-order chi connectivity index (χ0) is 19.1. The third kappa shape index (κ3) is 3.12. The summed E-state index contributed by atoms with van der Waals surface area (Å²) in [6.07, 6.45) is 2.44. The first-order chi connectivity index (χ1) is 13.6. The highest BCUT2D eigenvalue weighted by Crippen LogP contribution is 2.54. The van der Waals surface area contributed by atoms with Crippen molar-refractivity contribution in [2.75, 3.05) is 19.6 Å². The van der Waals surface area contributed by atoms with Gasteiger partial charge in [-0.05, 0) is 42.7 Å². The number of hydrogen-bond donors (Lipinski definition) is 1. The highest BCUT2D eigenvalue weighted by Gasteiger charge is 2.62. The Hall–Kier alpha value is -2.24. The van der Waals surface area contributed by atoms with Crippen molar-refractivity contribution < 1.29 is 13.9 Å². The molecule has 5 heteroatoms. The topological polar surface area (TPSA) is 41.6 Å². The fourth-order valence-corrected chi connectivity index (χ4v) is 5.44. The fraction of sp³-hybridized carbons (Fsp3) is 0.435. The lowest BCUT2D eigenvalue weighted by Crippen LogP contribution is -2.41. The Morgan fingerprint density at radius 2 is 1.96 bits per heavy atom. The quantitative estimate of drug-likeness (QED) is 0.866. The number of rotatable bonds is 5. The molecule has 5 rings (SSSR count). The third-order valence-corrected chi connectivity index (χ3v) is 6.71. The maximum atomic E-state index is 13.1. The molecule has 3 aliphatic heterocycles. The Labute approximate surface area is 164 Å². The van der Waals surface area contributed by atoms with Gasteiger partial charge in [0.2, 0.25) is 0 Å². The second-order valence-electron chi connectivity index (χ2n) is 8.40. The van der Waals surface area contributed by atoms with Crippen LogP contribution in [0.25, 0.3) is 0 Å². The minimum Gasteiger partial charge on any atom is -0.370 e. The molecule has 0 saturated carbocycles. The number of halogens is 1. The average molecular weight is 380 g/mol. The first-order valence-electron chi connectivity index (χ1n) is 10.1. The lowest BCUT2D eigenvalue weighted by atomic mass is 9.73. The monoisotopic (exact) mass is 380 g/mol. The number of hydrogen-bond acceptors (Lipinski definition) is 3. The Bertz CT molecular complexity index is 857. The smallest absolute Gasteiger partial charge is 0.251 e. The van der Waals surface area contributed by atoms with Crippen LogP contribution >= 0.6 is 0 Å². The summed E-state index contributed by atoms with van der Waals surface area (Å²) in [5.74, 6) is 0.336. The van der Waals surface area contributed by atoms with E-state index >= 15 is 0 Å². The van der Waals surface area contributed by atoms with Gasteiger partial charge < -0.3 is 10.1 Å². The van der Waals surface area contributed by atoms with Crippen molar-refractivity contribution in [2.45, 2.75) is 31.1 Å². The van der Waals surface area contributed by atoms with Gasteiger partial charge in [-0.2, -0.15) is 0 Å². The van der Waals surface area contributed by atoms with Crippen LogP contribution in [0.5, 0.6) is 0 Å². The minimum absolute atomic E-state index is 0.0370. The number of carbonyl (C=O) groups is 1. The van der Waals surface area contributed by atoms with Crippen molar-refractivity contribution in [1.82, 2.24) is 10.2 Å². The van der Waals surface area contributed by atoms with Crippen LogP contribution in [-0.2, 0) is 11.3 Å². The molecule has 28 heavy (non-hydrogen) atoms. The molecule has 1 N–H and O–H groups in total. The molecule has 146 valence electrons. The van der Waals surface area contributed by atoms with E-state index in [-0.39, 0.29) is 23.4 Å². The van der Waals surface area contributed by atoms with Gasteiger partial charge in [-0.15, -0.1) is 0 Å². The predicted molar refractivity (Wildman–Crippen MR) is 104 cm³/mol. The molecular formula is C23H25FN2O2. The van der Waals surface area contributed by atoms with E-state index in [2.05, 4.69) is 34.5 Å². The Balaban J connectivity index is 1.24. The van der Waals surface area contributed by atoms with Crippen molar-refractivity contribution in [3.8, 4) is 0 Å². The summed E-state index contributed by atoms with van der Waals surface area (Å²) in [5.41, 5.74) is 1.79. The number of amides is 1. The summed E-state index contributed by atoms with van der Waals surface area (Å²) in [7, 11) is 0. The molecule has 4 nitrogen and oxygen atoms in total. The summed E-state index contributed by atoms with van der Waals surface area (Å²) in [4.78, 5) is 14.9. The van der Waals surface area contributed by atoms with Crippen molar-refractivity contribution in [3.63, 3.8) is 0 Å². The predicted octanol–water partition coefficient (Wildman–Crippen LogP) is 3.24. The summed E-state index contributed by atoms with van der Waals surface area (Å²) in [6, 6.07) is 16.3. The first-order valence-corrected chi connectivity index (χ1v) is 10.1. The van der Waals surface area contributed by atoms with E-state index in [0.29, 0.717) is 23.9 Å². The maximum absolute atomic E-state index is 13.1. The van der Waals surface area contributed by atoms with E-state index in [1.54, 1.807) is 0 Å². The molecule has 3 saturated heterocycles. The molecule has 0 radical (unpaired) electrons. The van der Waals surface area contributed by atoms with Crippen LogP contribution in [0.2, 0.25) is 0 Å². The van der Waals surface area contributed by atoms with Crippen molar-refractivity contribution in [3.05, 3.63) is 71.5 Å². The largest absolute Gasteiger partial charge is 0.370 e. The van der Waals surface area contributed by atoms with E-state index < -0.39 is 0 Å². The van der Waals surface area contributed by atoms with Crippen molar-refractivity contribution in [2.24, 2.45) is 11.8 Å². The zero-order valence-electron chi connectivity index (χ0n) is 15.8. The molecule has 3 fully saturated rings. The average Bonchev–Trinajstić information content (AvgIpc) is 3.35. The molecular weight excluding hydrogens is 355 g/mol. The number of ether oxygens (including phenoxy) is 1. The van der Waals surface area contributed by atoms with Crippen LogP contribution in [0.15, 0.2) is 54.6 Å². The van der Waals surface area contributed by atoms with Gasteiger partial charge in [0.25, 0.3) is 5.91 Å². The molecule has 2 bridgehead atoms. The molecule has 0 aliphatic carbocycles. The van der Waals surface area contributed by atoms with Crippen molar-refractivity contribution >= 4 is 5.91 Å². The highest BCUT2D eigenvalue weighted by atomic mass is 19.1. The molecule has 3 heterocycles. The molecule has 1 spiro atoms. The van der Waals surface area contributed by atoms with Gasteiger partial charge in [-0.3, -0.25) is 9.69 Å². The summed E-state index contributed by atoms with van der Waals surface area (Å²) in [5, 5.41) is 3.06. The van der Waals surface area contributed by atoms with E-state index in [1.807, 2.05) is 6.07 Å². The fourth-order valence-electron chi connectivity index (χ4n) is 5.44. The third-order valence-electron chi connectivity index (χ3n) is 6.71. The van der Waals surface area contributed by atoms with Gasteiger partial charge in [0.05, 0.1) is 11.7 Å². The molecule has 2 aromatic rings. The minimum atomic E-state index is -0.329. The molecule has 0 unspecified atom stereocenters. The van der Waals surface area contributed by atoms with Crippen LogP contribution in [0, 0.1) is 17.7 Å². The number of nitrogens with zero attached hydrogens (tertiary/aromatic N) is 1. The molecule has 0 aromatic heterocycles. The van der Waals surface area contributed by atoms with E-state index in [4.69, 9.17) is 4.74 Å². The molecule has 1 amide bonds. The van der Waals surface area contributed by atoms with Gasteiger partial charge in [0, 0.05) is 43.6 Å². The summed E-state index contributed by atoms with van der Waals surface area (Å²) < 4.78 is 19.5. The number of benzene rings is 2. The maximum Gasteiger partial charge on any atom is 0.251 e. The normalized spacial score (nSPS) is 31.1. The van der Waals surface area contributed by atoms with Crippen LogP contribution < -0.4 is 5.32 Å². The second-order valence-corrected chi connectivity index (χ2v) is 8.40. The number of fused-ring (bicyclic) bond motifs is 1. The van der Waals surface area contributed by atoms with E-state index in [9.17, 15) is 9.18 Å². The van der Waals surface area contributed by atoms with E-state index in [1.165, 1.54) is 29.8 Å². The number of likely N-dealkylation sites (tertiary alicyclic amines) is 1. The van der Waals surface area contributed by atoms with Gasteiger partial charge in [-0.25, -0.2) is 4.39 Å². The molecule has 3 aliphatic rings. The second kappa shape index (κ2) is 6.98.